The molecule has 4 N–H and O–H groups in total. The smallest absolute Gasteiger partial charge is 0.451 e. The number of carbonyl (C=O) groups is 1. The molecule has 0 aromatic heterocycles. The lowest BCUT2D eigenvalue weighted by atomic mass is 9.90. The Balaban J connectivity index is 1.86. The first-order valence-electron chi connectivity index (χ1n) is 11.7. The molecule has 37 heavy (non-hydrogen) atoms. The molecule has 3 rings (SSSR count). The fourth-order valence-corrected chi connectivity index (χ4v) is 4.24. The molecule has 1 fully saturated rings. The molecule has 200 valence electrons. The average molecular weight is 521 g/mol. The summed E-state index contributed by atoms with van der Waals surface area (Å²) in [6, 6.07) is 12.4. The number of anilines is 1. The van der Waals surface area contributed by atoms with E-state index >= 15 is 0 Å². The van der Waals surface area contributed by atoms with Gasteiger partial charge in [-0.2, -0.15) is 23.7 Å². The maximum Gasteiger partial charge on any atom is 0.451 e. The van der Waals surface area contributed by atoms with Gasteiger partial charge in [-0.05, 0) is 57.4 Å². The Morgan fingerprint density at radius 1 is 1.22 bits per heavy atom. The molecule has 0 aliphatic carbocycles. The molecular weight excluding hydrogens is 489 g/mol. The van der Waals surface area contributed by atoms with Gasteiger partial charge in [0.2, 0.25) is 5.84 Å². The topological polar surface area (TPSA) is 125 Å². The van der Waals surface area contributed by atoms with Crippen LogP contribution < -0.4 is 10.3 Å². The number of likely N-dealkylation sites (tertiary alicyclic amines) is 1. The number of halogens is 3. The predicted molar refractivity (Wildman–Crippen MR) is 131 cm³/mol. The standard InChI is InChI=1S/C25H31F3N6O3/c1-24(2,3)37-23(36)33-13-7-10-19(21(33)16-8-5-4-6-9-16)31-15-17-14-18(11-12-20(17)35)34(32-30)22(29)25(26,27)28/h4-6,8-9,11-12,14,19,21,29-31,35H,7,10,13,15H2,1-3H3/t19-,21-/m0/s1. The van der Waals surface area contributed by atoms with Crippen LogP contribution in [0, 0.1) is 10.9 Å². The van der Waals surface area contributed by atoms with Crippen molar-refractivity contribution < 1.29 is 27.8 Å². The molecule has 0 spiro atoms. The van der Waals surface area contributed by atoms with Gasteiger partial charge in [-0.3, -0.25) is 10.3 Å². The van der Waals surface area contributed by atoms with Gasteiger partial charge in [-0.1, -0.05) is 35.6 Å². The van der Waals surface area contributed by atoms with Crippen LogP contribution in [0.15, 0.2) is 53.8 Å². The van der Waals surface area contributed by atoms with Crippen LogP contribution >= 0.6 is 0 Å². The van der Waals surface area contributed by atoms with Crippen LogP contribution in [0.3, 0.4) is 0 Å². The summed E-state index contributed by atoms with van der Waals surface area (Å²) in [5.41, 5.74) is 7.40. The number of rotatable bonds is 6. The summed E-state index contributed by atoms with van der Waals surface area (Å²) in [5, 5.41) is 24.0. The molecule has 1 saturated heterocycles. The van der Waals surface area contributed by atoms with Crippen molar-refractivity contribution in [2.75, 3.05) is 11.6 Å². The maximum atomic E-state index is 13.1. The summed E-state index contributed by atoms with van der Waals surface area (Å²) < 4.78 is 44.8. The van der Waals surface area contributed by atoms with Gasteiger partial charge in [-0.15, -0.1) is 0 Å². The summed E-state index contributed by atoms with van der Waals surface area (Å²) >= 11 is 0. The fourth-order valence-electron chi connectivity index (χ4n) is 4.24. The molecule has 12 heteroatoms. The molecule has 1 aliphatic heterocycles. The van der Waals surface area contributed by atoms with E-state index in [1.54, 1.807) is 25.7 Å². The van der Waals surface area contributed by atoms with Crippen LogP contribution in [0.1, 0.15) is 50.8 Å². The van der Waals surface area contributed by atoms with E-state index in [0.29, 0.717) is 19.4 Å². The molecule has 0 unspecified atom stereocenters. The lowest BCUT2D eigenvalue weighted by Gasteiger charge is -2.42. The van der Waals surface area contributed by atoms with E-state index in [9.17, 15) is 23.1 Å². The number of piperidine rings is 1. The van der Waals surface area contributed by atoms with E-state index in [0.717, 1.165) is 11.6 Å². The van der Waals surface area contributed by atoms with E-state index in [2.05, 4.69) is 10.5 Å². The van der Waals surface area contributed by atoms with E-state index in [4.69, 9.17) is 15.7 Å². The Hall–Kier alpha value is -3.67. The second-order valence-corrected chi connectivity index (χ2v) is 9.73. The van der Waals surface area contributed by atoms with Crippen LogP contribution in [0.2, 0.25) is 0 Å². The molecule has 1 amide bonds. The zero-order chi connectivity index (χ0) is 27.4. The van der Waals surface area contributed by atoms with Crippen LogP contribution in [0.4, 0.5) is 23.7 Å². The minimum atomic E-state index is -5.00. The number of carbonyl (C=O) groups excluding carboxylic acids is 1. The van der Waals surface area contributed by atoms with Crippen molar-refractivity contribution in [3.8, 4) is 5.75 Å². The number of hydrogen-bond acceptors (Lipinski definition) is 7. The normalized spacial score (nSPS) is 18.3. The monoisotopic (exact) mass is 520 g/mol. The molecule has 0 bridgehead atoms. The van der Waals surface area contributed by atoms with Crippen LogP contribution in [-0.2, 0) is 11.3 Å². The molecule has 0 radical (unpaired) electrons. The molecule has 2 atom stereocenters. The summed E-state index contributed by atoms with van der Waals surface area (Å²) in [6.07, 6.45) is -4.06. The number of ether oxygens (including phenoxy) is 1. The van der Waals surface area contributed by atoms with Gasteiger partial charge < -0.3 is 15.2 Å². The number of hydrogen-bond donors (Lipinski definition) is 4. The molecule has 1 heterocycles. The number of amides is 1. The Morgan fingerprint density at radius 3 is 2.49 bits per heavy atom. The largest absolute Gasteiger partial charge is 0.508 e. The summed E-state index contributed by atoms with van der Waals surface area (Å²) in [4.78, 5) is 14.7. The average Bonchev–Trinajstić information content (AvgIpc) is 2.83. The summed E-state index contributed by atoms with van der Waals surface area (Å²) in [6.45, 7) is 5.93. The predicted octanol–water partition coefficient (Wildman–Crippen LogP) is 5.91. The Labute approximate surface area is 213 Å². The Bertz CT molecular complexity index is 1120. The lowest BCUT2D eigenvalue weighted by Crippen LogP contribution is -2.51. The zero-order valence-corrected chi connectivity index (χ0v) is 20.8. The number of aromatic hydroxyl groups is 1. The van der Waals surface area contributed by atoms with Gasteiger partial charge >= 0.3 is 12.3 Å². The van der Waals surface area contributed by atoms with Crippen LogP contribution in [-0.4, -0.2) is 46.3 Å². The van der Waals surface area contributed by atoms with Gasteiger partial charge in [0.25, 0.3) is 0 Å². The minimum Gasteiger partial charge on any atom is -0.508 e. The van der Waals surface area contributed by atoms with Crippen molar-refractivity contribution in [3.63, 3.8) is 0 Å². The first kappa shape index (κ1) is 27.9. The first-order chi connectivity index (χ1) is 17.3. The number of benzene rings is 2. The number of amidine groups is 1. The molecule has 9 nitrogen and oxygen atoms in total. The lowest BCUT2D eigenvalue weighted by molar-refractivity contribution is -0.0611. The maximum absolute atomic E-state index is 13.1. The van der Waals surface area contributed by atoms with Gasteiger partial charge in [0.05, 0.1) is 11.7 Å². The number of nitrogens with one attached hydrogen (secondary N) is 3. The van der Waals surface area contributed by atoms with Crippen molar-refractivity contribution in [1.29, 1.82) is 10.9 Å². The van der Waals surface area contributed by atoms with Gasteiger partial charge in [0, 0.05) is 24.7 Å². The number of alkyl halides is 3. The second-order valence-electron chi connectivity index (χ2n) is 9.73. The summed E-state index contributed by atoms with van der Waals surface area (Å²) in [7, 11) is 0. The molecule has 2 aromatic rings. The Kier molecular flexibility index (Phi) is 8.42. The van der Waals surface area contributed by atoms with Crippen LogP contribution in [0.5, 0.6) is 5.75 Å². The van der Waals surface area contributed by atoms with Gasteiger partial charge in [-0.25, -0.2) is 4.79 Å². The highest BCUT2D eigenvalue weighted by Gasteiger charge is 2.40. The quantitative estimate of drug-likeness (QED) is 0.163. The van der Waals surface area contributed by atoms with E-state index in [1.165, 1.54) is 12.1 Å². The minimum absolute atomic E-state index is 0.0566. The van der Waals surface area contributed by atoms with Crippen LogP contribution in [0.25, 0.3) is 0 Å². The van der Waals surface area contributed by atoms with E-state index < -0.39 is 23.7 Å². The third-order valence-corrected chi connectivity index (χ3v) is 5.84. The molecule has 0 saturated carbocycles. The Morgan fingerprint density at radius 2 is 1.89 bits per heavy atom. The van der Waals surface area contributed by atoms with Crippen molar-refractivity contribution in [2.24, 2.45) is 5.22 Å². The van der Waals surface area contributed by atoms with Crippen molar-refractivity contribution >= 4 is 17.6 Å². The molecule has 1 aliphatic rings. The highest BCUT2D eigenvalue weighted by atomic mass is 19.4. The van der Waals surface area contributed by atoms with Crippen molar-refractivity contribution in [2.45, 2.75) is 64.0 Å². The number of nitrogens with zero attached hydrogens (tertiary/aromatic N) is 3. The van der Waals surface area contributed by atoms with E-state index in [-0.39, 0.29) is 40.6 Å². The molecular formula is C25H31F3N6O3. The third-order valence-electron chi connectivity index (χ3n) is 5.84. The zero-order valence-electron chi connectivity index (χ0n) is 20.8. The molecule has 2 aromatic carbocycles. The summed E-state index contributed by atoms with van der Waals surface area (Å²) in [5.74, 6) is -1.99. The number of phenols is 1. The SMILES string of the molecule is CC(C)(C)OC(=O)N1CCC[C@H](NCc2cc(N(N=N)C(=N)C(F)(F)F)ccc2O)[C@@H]1c1ccccc1. The highest BCUT2D eigenvalue weighted by molar-refractivity contribution is 5.98. The highest BCUT2D eigenvalue weighted by Crippen LogP contribution is 2.34. The second kappa shape index (κ2) is 11.2. The van der Waals surface area contributed by atoms with E-state index in [1.807, 2.05) is 30.3 Å². The van der Waals surface area contributed by atoms with Gasteiger partial charge in [0.15, 0.2) is 0 Å². The fraction of sp³-hybridized carbons (Fsp3) is 0.440. The number of phenolic OH excluding ortho intramolecular Hbond substituents is 1. The van der Waals surface area contributed by atoms with Crippen molar-refractivity contribution in [3.05, 3.63) is 59.7 Å². The van der Waals surface area contributed by atoms with Crippen molar-refractivity contribution in [1.82, 2.24) is 10.2 Å². The van der Waals surface area contributed by atoms with Gasteiger partial charge in [0.1, 0.15) is 11.4 Å². The third kappa shape index (κ3) is 6.97. The first-order valence-corrected chi connectivity index (χ1v) is 11.7.